The van der Waals surface area contributed by atoms with E-state index in [9.17, 15) is 4.79 Å². The van der Waals surface area contributed by atoms with E-state index in [1.54, 1.807) is 0 Å². The van der Waals surface area contributed by atoms with Gasteiger partial charge in [0.15, 0.2) is 12.9 Å². The number of benzene rings is 1. The molecular weight excluding hydrogens is 156 g/mol. The van der Waals surface area contributed by atoms with E-state index in [0.717, 1.165) is 5.56 Å². The van der Waals surface area contributed by atoms with E-state index in [0.29, 0.717) is 0 Å². The molecule has 62 valence electrons. The first-order chi connectivity index (χ1) is 5.88. The average molecular weight is 164 g/mol. The smallest absolute Gasteiger partial charge is 0.342 e. The molecular formula is C9H8O3. The molecule has 0 unspecified atom stereocenters. The standard InChI is InChI=1S/C9H8O3/c10-9-8(11-6-12-9)7-4-2-1-3-5-7/h1-5,8H,6H2/t8-/m1/s1. The van der Waals surface area contributed by atoms with Gasteiger partial charge in [0, 0.05) is 0 Å². The molecule has 1 atom stereocenters. The van der Waals surface area contributed by atoms with Gasteiger partial charge in [-0.3, -0.25) is 0 Å². The number of hydrogen-bond donors (Lipinski definition) is 0. The molecule has 3 nitrogen and oxygen atoms in total. The summed E-state index contributed by atoms with van der Waals surface area (Å²) in [5.41, 5.74) is 0.847. The molecule has 0 bridgehead atoms. The van der Waals surface area contributed by atoms with E-state index < -0.39 is 6.10 Å². The molecule has 0 spiro atoms. The summed E-state index contributed by atoms with van der Waals surface area (Å²) in [5.74, 6) is -0.304. The lowest BCUT2D eigenvalue weighted by molar-refractivity contribution is -0.139. The van der Waals surface area contributed by atoms with Crippen LogP contribution < -0.4 is 0 Å². The van der Waals surface area contributed by atoms with Gasteiger partial charge in [0.25, 0.3) is 0 Å². The highest BCUT2D eigenvalue weighted by atomic mass is 16.7. The summed E-state index contributed by atoms with van der Waals surface area (Å²) in [5, 5.41) is 0. The fourth-order valence-electron chi connectivity index (χ4n) is 1.16. The molecule has 1 heterocycles. The molecule has 0 saturated carbocycles. The van der Waals surface area contributed by atoms with Gasteiger partial charge in [-0.2, -0.15) is 0 Å². The predicted octanol–water partition coefficient (Wildman–Crippen LogP) is 1.26. The Morgan fingerprint density at radius 2 is 2.00 bits per heavy atom. The average Bonchev–Trinajstić information content (AvgIpc) is 2.53. The number of cyclic esters (lactones) is 1. The molecule has 0 amide bonds. The predicted molar refractivity (Wildman–Crippen MR) is 41.2 cm³/mol. The summed E-state index contributed by atoms with van der Waals surface area (Å²) >= 11 is 0. The number of esters is 1. The van der Waals surface area contributed by atoms with Crippen molar-refractivity contribution in [1.82, 2.24) is 0 Å². The van der Waals surface area contributed by atoms with E-state index in [1.807, 2.05) is 30.3 Å². The Kier molecular flexibility index (Phi) is 1.80. The first kappa shape index (κ1) is 7.31. The molecule has 0 N–H and O–H groups in total. The molecule has 1 aromatic carbocycles. The second kappa shape index (κ2) is 2.95. The molecule has 1 aliphatic heterocycles. The second-order valence-electron chi connectivity index (χ2n) is 2.54. The van der Waals surface area contributed by atoms with Crippen molar-refractivity contribution in [2.45, 2.75) is 6.10 Å². The van der Waals surface area contributed by atoms with E-state index >= 15 is 0 Å². The Morgan fingerprint density at radius 3 is 2.58 bits per heavy atom. The van der Waals surface area contributed by atoms with Gasteiger partial charge in [-0.15, -0.1) is 0 Å². The van der Waals surface area contributed by atoms with E-state index in [4.69, 9.17) is 4.74 Å². The first-order valence-corrected chi connectivity index (χ1v) is 3.71. The van der Waals surface area contributed by atoms with Gasteiger partial charge in [0.05, 0.1) is 0 Å². The lowest BCUT2D eigenvalue weighted by Crippen LogP contribution is -2.06. The van der Waals surface area contributed by atoms with Crippen molar-refractivity contribution in [2.24, 2.45) is 0 Å². The summed E-state index contributed by atoms with van der Waals surface area (Å²) < 4.78 is 9.74. The summed E-state index contributed by atoms with van der Waals surface area (Å²) in [7, 11) is 0. The van der Waals surface area contributed by atoms with E-state index in [1.165, 1.54) is 0 Å². The van der Waals surface area contributed by atoms with Crippen molar-refractivity contribution < 1.29 is 14.3 Å². The maximum Gasteiger partial charge on any atom is 0.342 e. The Hall–Kier alpha value is -1.35. The summed E-state index contributed by atoms with van der Waals surface area (Å²) in [6, 6.07) is 9.31. The molecule has 1 aliphatic rings. The van der Waals surface area contributed by atoms with Crippen LogP contribution in [0.15, 0.2) is 30.3 Å². The number of carbonyl (C=O) groups is 1. The van der Waals surface area contributed by atoms with E-state index in [-0.39, 0.29) is 12.8 Å². The molecule has 3 heteroatoms. The van der Waals surface area contributed by atoms with Gasteiger partial charge in [-0.25, -0.2) is 4.79 Å². The zero-order valence-electron chi connectivity index (χ0n) is 6.40. The van der Waals surface area contributed by atoms with Crippen molar-refractivity contribution in [2.75, 3.05) is 6.79 Å². The Labute approximate surface area is 69.9 Å². The van der Waals surface area contributed by atoms with Gasteiger partial charge in [0.2, 0.25) is 0 Å². The highest BCUT2D eigenvalue weighted by Crippen LogP contribution is 2.22. The summed E-state index contributed by atoms with van der Waals surface area (Å²) in [6.45, 7) is 0.0679. The number of rotatable bonds is 1. The van der Waals surface area contributed by atoms with Crippen molar-refractivity contribution in [3.05, 3.63) is 35.9 Å². The highest BCUT2D eigenvalue weighted by molar-refractivity contribution is 5.77. The van der Waals surface area contributed by atoms with Crippen LogP contribution in [0.5, 0.6) is 0 Å². The van der Waals surface area contributed by atoms with Crippen molar-refractivity contribution >= 4 is 5.97 Å². The maximum atomic E-state index is 11.0. The Morgan fingerprint density at radius 1 is 1.25 bits per heavy atom. The monoisotopic (exact) mass is 164 g/mol. The van der Waals surface area contributed by atoms with Crippen LogP contribution in [0.4, 0.5) is 0 Å². The normalized spacial score (nSPS) is 22.3. The fourth-order valence-corrected chi connectivity index (χ4v) is 1.16. The molecule has 2 rings (SSSR count). The topological polar surface area (TPSA) is 35.5 Å². The first-order valence-electron chi connectivity index (χ1n) is 3.71. The number of carbonyl (C=O) groups excluding carboxylic acids is 1. The maximum absolute atomic E-state index is 11.0. The largest absolute Gasteiger partial charge is 0.436 e. The van der Waals surface area contributed by atoms with Crippen molar-refractivity contribution in [3.8, 4) is 0 Å². The molecule has 1 saturated heterocycles. The summed E-state index contributed by atoms with van der Waals surface area (Å²) in [4.78, 5) is 11.0. The molecule has 12 heavy (non-hydrogen) atoms. The Bertz CT molecular complexity index is 281. The van der Waals surface area contributed by atoms with Crippen LogP contribution in [-0.4, -0.2) is 12.8 Å². The number of hydrogen-bond acceptors (Lipinski definition) is 3. The van der Waals surface area contributed by atoms with Crippen LogP contribution in [0.25, 0.3) is 0 Å². The van der Waals surface area contributed by atoms with Gasteiger partial charge in [0.1, 0.15) is 0 Å². The van der Waals surface area contributed by atoms with E-state index in [2.05, 4.69) is 4.74 Å². The minimum atomic E-state index is -0.522. The zero-order valence-corrected chi connectivity index (χ0v) is 6.40. The van der Waals surface area contributed by atoms with Gasteiger partial charge in [-0.05, 0) is 5.56 Å². The Balaban J connectivity index is 2.25. The van der Waals surface area contributed by atoms with Crippen LogP contribution >= 0.6 is 0 Å². The molecule has 1 fully saturated rings. The van der Waals surface area contributed by atoms with Gasteiger partial charge in [-0.1, -0.05) is 30.3 Å². The van der Waals surface area contributed by atoms with Crippen LogP contribution in [0.2, 0.25) is 0 Å². The SMILES string of the molecule is O=C1OCO[C@@H]1c1ccccc1. The third-order valence-corrected chi connectivity index (χ3v) is 1.75. The fraction of sp³-hybridized carbons (Fsp3) is 0.222. The molecule has 0 radical (unpaired) electrons. The van der Waals surface area contributed by atoms with Crippen LogP contribution in [0.3, 0.4) is 0 Å². The zero-order chi connectivity index (χ0) is 8.39. The quantitative estimate of drug-likeness (QED) is 0.586. The number of ether oxygens (including phenoxy) is 2. The lowest BCUT2D eigenvalue weighted by Gasteiger charge is -2.03. The van der Waals surface area contributed by atoms with Crippen LogP contribution in [0, 0.1) is 0 Å². The summed E-state index contributed by atoms with van der Waals surface area (Å²) in [6.07, 6.45) is -0.522. The molecule has 0 aromatic heterocycles. The lowest BCUT2D eigenvalue weighted by atomic mass is 10.1. The molecule has 0 aliphatic carbocycles. The van der Waals surface area contributed by atoms with Crippen LogP contribution in [0.1, 0.15) is 11.7 Å². The van der Waals surface area contributed by atoms with Crippen molar-refractivity contribution in [1.29, 1.82) is 0 Å². The van der Waals surface area contributed by atoms with Crippen LogP contribution in [-0.2, 0) is 14.3 Å². The third kappa shape index (κ3) is 1.19. The van der Waals surface area contributed by atoms with Crippen molar-refractivity contribution in [3.63, 3.8) is 0 Å². The highest BCUT2D eigenvalue weighted by Gasteiger charge is 2.28. The second-order valence-corrected chi connectivity index (χ2v) is 2.54. The minimum absolute atomic E-state index is 0.0679. The van der Waals surface area contributed by atoms with Gasteiger partial charge >= 0.3 is 5.97 Å². The van der Waals surface area contributed by atoms with Gasteiger partial charge < -0.3 is 9.47 Å². The third-order valence-electron chi connectivity index (χ3n) is 1.75. The minimum Gasteiger partial charge on any atom is -0.436 e. The molecule has 1 aromatic rings.